The Kier molecular flexibility index (Phi) is 7.46. The largest absolute Gasteiger partial charge is 0.571 e. The van der Waals surface area contributed by atoms with Crippen molar-refractivity contribution in [3.05, 3.63) is 29.6 Å². The Morgan fingerprint density at radius 2 is 1.47 bits per heavy atom. The second-order valence-corrected chi connectivity index (χ2v) is 2.42. The third-order valence-electron chi connectivity index (χ3n) is 1.48. The summed E-state index contributed by atoms with van der Waals surface area (Å²) >= 11 is 0. The molecule has 11 heteroatoms. The molecule has 2 N–H and O–H groups in total. The van der Waals surface area contributed by atoms with Crippen molar-refractivity contribution < 1.29 is 42.0 Å². The SMILES string of the molecule is FOB(OF)c1ccc(F)c(F)c1F.OBO. The summed E-state index contributed by atoms with van der Waals surface area (Å²) in [7, 11) is -3.12. The summed E-state index contributed by atoms with van der Waals surface area (Å²) in [6.45, 7) is 0. The first-order valence-corrected chi connectivity index (χ1v) is 3.93. The fourth-order valence-electron chi connectivity index (χ4n) is 0.833. The van der Waals surface area contributed by atoms with Gasteiger partial charge in [-0.05, 0) is 6.07 Å². The molecule has 0 fully saturated rings. The predicted octanol–water partition coefficient (Wildman–Crippen LogP) is -0.161. The van der Waals surface area contributed by atoms with E-state index in [0.29, 0.717) is 12.1 Å². The molecule has 0 aliphatic rings. The van der Waals surface area contributed by atoms with Crippen LogP contribution in [0.5, 0.6) is 0 Å². The molecule has 4 nitrogen and oxygen atoms in total. The number of rotatable bonds is 3. The fourth-order valence-corrected chi connectivity index (χ4v) is 0.833. The van der Waals surface area contributed by atoms with Crippen LogP contribution in [0.4, 0.5) is 22.2 Å². The highest BCUT2D eigenvalue weighted by atomic mass is 19.3. The van der Waals surface area contributed by atoms with E-state index in [4.69, 9.17) is 10.0 Å². The molecule has 0 amide bonds. The smallest absolute Gasteiger partial charge is 0.430 e. The van der Waals surface area contributed by atoms with Gasteiger partial charge in [0.15, 0.2) is 17.5 Å². The monoisotopic (exact) mass is 258 g/mol. The van der Waals surface area contributed by atoms with Crippen LogP contribution in [-0.4, -0.2) is 24.9 Å². The third-order valence-corrected chi connectivity index (χ3v) is 1.48. The summed E-state index contributed by atoms with van der Waals surface area (Å²) in [5.74, 6) is -5.12. The minimum atomic E-state index is -2.37. The van der Waals surface area contributed by atoms with E-state index in [1.54, 1.807) is 0 Å². The quantitative estimate of drug-likeness (QED) is 0.449. The molecule has 0 heterocycles. The van der Waals surface area contributed by atoms with Gasteiger partial charge in [0, 0.05) is 5.46 Å². The average Bonchev–Trinajstić information content (AvgIpc) is 2.31. The summed E-state index contributed by atoms with van der Waals surface area (Å²) in [4.78, 5) is 5.67. The van der Waals surface area contributed by atoms with Crippen LogP contribution in [0.25, 0.3) is 0 Å². The Morgan fingerprint density at radius 1 is 1.00 bits per heavy atom. The van der Waals surface area contributed by atoms with Crippen molar-refractivity contribution in [1.82, 2.24) is 0 Å². The number of halogens is 5. The van der Waals surface area contributed by atoms with Gasteiger partial charge in [-0.3, -0.25) is 0 Å². The van der Waals surface area contributed by atoms with Crippen LogP contribution in [0, 0.1) is 17.5 Å². The summed E-state index contributed by atoms with van der Waals surface area (Å²) in [5.41, 5.74) is -0.922. The van der Waals surface area contributed by atoms with E-state index in [1.807, 2.05) is 0 Å². The molecular formula is C6H5B2F5O4. The first-order chi connectivity index (χ1) is 8.03. The Hall–Kier alpha value is -1.16. The molecular weight excluding hydrogens is 253 g/mol. The van der Waals surface area contributed by atoms with Gasteiger partial charge in [0.2, 0.25) is 0 Å². The van der Waals surface area contributed by atoms with Crippen molar-refractivity contribution in [2.75, 3.05) is 0 Å². The van der Waals surface area contributed by atoms with Crippen LogP contribution >= 0.6 is 0 Å². The Morgan fingerprint density at radius 3 is 1.88 bits per heavy atom. The van der Waals surface area contributed by atoms with Crippen molar-refractivity contribution in [3.63, 3.8) is 0 Å². The van der Waals surface area contributed by atoms with E-state index >= 15 is 0 Å². The van der Waals surface area contributed by atoms with Gasteiger partial charge in [-0.2, -0.15) is 0 Å². The van der Waals surface area contributed by atoms with Crippen LogP contribution < -0.4 is 5.46 Å². The molecule has 0 spiro atoms. The number of hydrogen-bond acceptors (Lipinski definition) is 4. The summed E-state index contributed by atoms with van der Waals surface area (Å²) < 4.78 is 60.7. The summed E-state index contributed by atoms with van der Waals surface area (Å²) in [6.07, 6.45) is 0. The standard InChI is InChI=1S/C6H2BF5O2.BH3O2/c8-4-2-1-3(5(9)6(4)10)7(13-11)14-12;2-1-3/h1-2H;1-3H. The number of hydrogen-bond donors (Lipinski definition) is 2. The lowest BCUT2D eigenvalue weighted by Crippen LogP contribution is -2.36. The van der Waals surface area contributed by atoms with Gasteiger partial charge >= 0.3 is 14.8 Å². The van der Waals surface area contributed by atoms with Crippen LogP contribution in [0.1, 0.15) is 0 Å². The third kappa shape index (κ3) is 4.30. The van der Waals surface area contributed by atoms with E-state index in [9.17, 15) is 22.2 Å². The van der Waals surface area contributed by atoms with E-state index in [2.05, 4.69) is 9.72 Å². The lowest BCUT2D eigenvalue weighted by atomic mass is 9.79. The highest BCUT2D eigenvalue weighted by molar-refractivity contribution is 6.60. The minimum Gasteiger partial charge on any atom is -0.430 e. The molecule has 0 saturated carbocycles. The molecule has 0 aromatic heterocycles. The summed E-state index contributed by atoms with van der Waals surface area (Å²) in [6, 6.07) is 1.08. The van der Waals surface area contributed by atoms with Crippen molar-refractivity contribution in [2.45, 2.75) is 0 Å². The Labute approximate surface area is 92.8 Å². The van der Waals surface area contributed by atoms with Crippen LogP contribution in [0.3, 0.4) is 0 Å². The maximum atomic E-state index is 12.8. The molecule has 1 aromatic carbocycles. The first kappa shape index (κ1) is 15.8. The van der Waals surface area contributed by atoms with Crippen molar-refractivity contribution in [2.24, 2.45) is 0 Å². The first-order valence-electron chi connectivity index (χ1n) is 3.93. The average molecular weight is 258 g/mol. The van der Waals surface area contributed by atoms with E-state index in [0.717, 1.165) is 0 Å². The van der Waals surface area contributed by atoms with Gasteiger partial charge in [0.1, 0.15) is 0 Å². The molecule has 0 atom stereocenters. The van der Waals surface area contributed by atoms with E-state index in [1.165, 1.54) is 0 Å². The minimum absolute atomic E-state index is 0.485. The molecule has 0 bridgehead atoms. The molecule has 1 rings (SSSR count). The lowest BCUT2D eigenvalue weighted by molar-refractivity contribution is -0.100. The second-order valence-electron chi connectivity index (χ2n) is 2.42. The lowest BCUT2D eigenvalue weighted by Gasteiger charge is -2.04. The Balaban J connectivity index is 0.000000770. The van der Waals surface area contributed by atoms with Gasteiger partial charge < -0.3 is 10.0 Å². The number of benzene rings is 1. The van der Waals surface area contributed by atoms with Crippen LogP contribution in [-0.2, 0) is 9.72 Å². The summed E-state index contributed by atoms with van der Waals surface area (Å²) in [5, 5.41) is 14.2. The molecule has 0 saturated heterocycles. The molecule has 1 aromatic rings. The van der Waals surface area contributed by atoms with Crippen molar-refractivity contribution in [3.8, 4) is 0 Å². The highest BCUT2D eigenvalue weighted by Gasteiger charge is 2.30. The Bertz CT molecular complexity index is 351. The maximum absolute atomic E-state index is 12.8. The topological polar surface area (TPSA) is 58.9 Å². The molecule has 0 unspecified atom stereocenters. The molecule has 0 aliphatic carbocycles. The van der Waals surface area contributed by atoms with Crippen molar-refractivity contribution in [1.29, 1.82) is 0 Å². The molecule has 0 aliphatic heterocycles. The maximum Gasteiger partial charge on any atom is 0.571 e. The fraction of sp³-hybridized carbons (Fsp3) is 0. The predicted molar refractivity (Wildman–Crippen MR) is 47.7 cm³/mol. The van der Waals surface area contributed by atoms with Gasteiger partial charge in [-0.25, -0.2) is 22.9 Å². The van der Waals surface area contributed by atoms with Gasteiger partial charge in [0.25, 0.3) is 0 Å². The zero-order chi connectivity index (χ0) is 13.4. The van der Waals surface area contributed by atoms with E-state index < -0.39 is 37.7 Å². The van der Waals surface area contributed by atoms with Gasteiger partial charge in [0.05, 0.1) is 0 Å². The molecule has 17 heavy (non-hydrogen) atoms. The zero-order valence-corrected chi connectivity index (χ0v) is 8.04. The normalized spacial score (nSPS) is 9.35. The van der Waals surface area contributed by atoms with Crippen molar-refractivity contribution >= 4 is 20.3 Å². The van der Waals surface area contributed by atoms with Gasteiger partial charge in [-0.15, -0.1) is 0 Å². The highest BCUT2D eigenvalue weighted by Crippen LogP contribution is 2.09. The van der Waals surface area contributed by atoms with E-state index in [-0.39, 0.29) is 0 Å². The molecule has 0 radical (unpaired) electrons. The second kappa shape index (κ2) is 8.01. The van der Waals surface area contributed by atoms with Crippen LogP contribution in [0.2, 0.25) is 0 Å². The zero-order valence-electron chi connectivity index (χ0n) is 8.04. The molecule has 94 valence electrons. The van der Waals surface area contributed by atoms with Gasteiger partial charge in [-0.1, -0.05) is 15.1 Å². The van der Waals surface area contributed by atoms with Crippen LogP contribution in [0.15, 0.2) is 12.1 Å².